The first kappa shape index (κ1) is 20.5. The first-order valence-electron chi connectivity index (χ1n) is 8.50. The number of benzene rings is 2. The van der Waals surface area contributed by atoms with Gasteiger partial charge >= 0.3 is 0 Å². The second-order valence-electron chi connectivity index (χ2n) is 5.91. The first-order valence-corrected chi connectivity index (χ1v) is 10.4. The van der Waals surface area contributed by atoms with E-state index in [0.29, 0.717) is 21.5 Å². The normalized spacial score (nSPS) is 11.1. The SMILES string of the molecule is Cc1c(/C=N\NC(=O)CSCc2ccccc2Cl)c(Cl)nn1-c1ccccc1. The predicted molar refractivity (Wildman–Crippen MR) is 117 cm³/mol. The van der Waals surface area contributed by atoms with E-state index in [9.17, 15) is 4.79 Å². The summed E-state index contributed by atoms with van der Waals surface area (Å²) < 4.78 is 1.74. The fourth-order valence-electron chi connectivity index (χ4n) is 2.52. The van der Waals surface area contributed by atoms with Crippen molar-refractivity contribution in [1.82, 2.24) is 15.2 Å². The Morgan fingerprint density at radius 3 is 2.64 bits per heavy atom. The number of nitrogens with zero attached hydrogens (tertiary/aromatic N) is 3. The molecular formula is C20H18Cl2N4OS. The molecule has 0 spiro atoms. The minimum absolute atomic E-state index is 0.197. The summed E-state index contributed by atoms with van der Waals surface area (Å²) in [6.45, 7) is 1.90. The molecule has 0 bridgehead atoms. The summed E-state index contributed by atoms with van der Waals surface area (Å²) in [5, 5.41) is 9.37. The van der Waals surface area contributed by atoms with Gasteiger partial charge in [0.25, 0.3) is 0 Å². The van der Waals surface area contributed by atoms with Crippen LogP contribution >= 0.6 is 35.0 Å². The van der Waals surface area contributed by atoms with Crippen molar-refractivity contribution in [2.75, 3.05) is 5.75 Å². The van der Waals surface area contributed by atoms with E-state index in [1.54, 1.807) is 4.68 Å². The predicted octanol–water partition coefficient (Wildman–Crippen LogP) is 4.87. The van der Waals surface area contributed by atoms with Crippen LogP contribution in [-0.4, -0.2) is 27.7 Å². The highest BCUT2D eigenvalue weighted by atomic mass is 35.5. The molecule has 0 atom stereocenters. The summed E-state index contributed by atoms with van der Waals surface area (Å²) in [4.78, 5) is 12.0. The molecule has 0 aliphatic carbocycles. The lowest BCUT2D eigenvalue weighted by atomic mass is 10.2. The van der Waals surface area contributed by atoms with Gasteiger partial charge in [-0.05, 0) is 30.7 Å². The molecule has 0 radical (unpaired) electrons. The number of aromatic nitrogens is 2. The quantitative estimate of drug-likeness (QED) is 0.427. The number of thioether (sulfide) groups is 1. The number of hydrogen-bond acceptors (Lipinski definition) is 4. The van der Waals surface area contributed by atoms with E-state index < -0.39 is 0 Å². The maximum absolute atomic E-state index is 12.0. The van der Waals surface area contributed by atoms with Crippen LogP contribution < -0.4 is 5.43 Å². The van der Waals surface area contributed by atoms with Gasteiger partial charge in [0, 0.05) is 10.8 Å². The van der Waals surface area contributed by atoms with Crippen molar-refractivity contribution in [2.24, 2.45) is 5.10 Å². The smallest absolute Gasteiger partial charge is 0.250 e. The minimum atomic E-state index is -0.197. The van der Waals surface area contributed by atoms with Crippen LogP contribution in [0.2, 0.25) is 10.2 Å². The van der Waals surface area contributed by atoms with E-state index in [4.69, 9.17) is 23.2 Å². The Labute approximate surface area is 177 Å². The van der Waals surface area contributed by atoms with Crippen LogP contribution in [0.15, 0.2) is 59.7 Å². The van der Waals surface area contributed by atoms with Gasteiger partial charge in [-0.25, -0.2) is 10.1 Å². The van der Waals surface area contributed by atoms with Crippen molar-refractivity contribution in [3.8, 4) is 5.69 Å². The van der Waals surface area contributed by atoms with E-state index in [1.165, 1.54) is 18.0 Å². The molecule has 144 valence electrons. The number of halogens is 2. The van der Waals surface area contributed by atoms with Crippen molar-refractivity contribution < 1.29 is 4.79 Å². The van der Waals surface area contributed by atoms with Gasteiger partial charge in [0.05, 0.1) is 28.9 Å². The fraction of sp³-hybridized carbons (Fsp3) is 0.150. The third-order valence-corrected chi connectivity index (χ3v) is 5.58. The molecule has 0 unspecified atom stereocenters. The summed E-state index contributed by atoms with van der Waals surface area (Å²) in [7, 11) is 0. The average molecular weight is 433 g/mol. The summed E-state index contributed by atoms with van der Waals surface area (Å²) in [5.41, 5.74) is 5.92. The molecule has 2 aromatic carbocycles. The van der Waals surface area contributed by atoms with Gasteiger partial charge in [-0.15, -0.1) is 11.8 Å². The Bertz CT molecular complexity index is 989. The molecular weight excluding hydrogens is 415 g/mol. The fourth-order valence-corrected chi connectivity index (χ4v) is 3.88. The Hall–Kier alpha value is -2.28. The third-order valence-electron chi connectivity index (χ3n) is 3.95. The van der Waals surface area contributed by atoms with Crippen LogP contribution in [0.25, 0.3) is 5.69 Å². The van der Waals surface area contributed by atoms with Gasteiger partial charge in [-0.2, -0.15) is 10.2 Å². The van der Waals surface area contributed by atoms with Crippen LogP contribution in [0.5, 0.6) is 0 Å². The minimum Gasteiger partial charge on any atom is -0.272 e. The van der Waals surface area contributed by atoms with E-state index in [2.05, 4.69) is 15.6 Å². The van der Waals surface area contributed by atoms with Crippen molar-refractivity contribution >= 4 is 47.1 Å². The van der Waals surface area contributed by atoms with Crippen molar-refractivity contribution in [3.63, 3.8) is 0 Å². The molecule has 0 aliphatic heterocycles. The molecule has 3 aromatic rings. The Morgan fingerprint density at radius 1 is 1.18 bits per heavy atom. The van der Waals surface area contributed by atoms with Gasteiger partial charge in [0.1, 0.15) is 0 Å². The topological polar surface area (TPSA) is 59.3 Å². The molecule has 28 heavy (non-hydrogen) atoms. The van der Waals surface area contributed by atoms with Crippen molar-refractivity contribution in [3.05, 3.63) is 81.6 Å². The first-order chi connectivity index (χ1) is 13.6. The van der Waals surface area contributed by atoms with Crippen molar-refractivity contribution in [2.45, 2.75) is 12.7 Å². The summed E-state index contributed by atoms with van der Waals surface area (Å²) in [5.74, 6) is 0.738. The highest BCUT2D eigenvalue weighted by Crippen LogP contribution is 2.21. The summed E-state index contributed by atoms with van der Waals surface area (Å²) in [6, 6.07) is 17.3. The van der Waals surface area contributed by atoms with E-state index in [-0.39, 0.29) is 11.7 Å². The lowest BCUT2D eigenvalue weighted by molar-refractivity contribution is -0.118. The van der Waals surface area contributed by atoms with Gasteiger partial charge in [0.2, 0.25) is 5.91 Å². The van der Waals surface area contributed by atoms with Crippen LogP contribution in [0, 0.1) is 6.92 Å². The zero-order valence-electron chi connectivity index (χ0n) is 15.1. The molecule has 1 heterocycles. The van der Waals surface area contributed by atoms with Crippen LogP contribution in [0.3, 0.4) is 0 Å². The average Bonchev–Trinajstić information content (AvgIpc) is 2.98. The molecule has 3 rings (SSSR count). The third kappa shape index (κ3) is 5.16. The molecule has 1 aromatic heterocycles. The largest absolute Gasteiger partial charge is 0.272 e. The maximum Gasteiger partial charge on any atom is 0.250 e. The monoisotopic (exact) mass is 432 g/mol. The Morgan fingerprint density at radius 2 is 1.89 bits per heavy atom. The number of carbonyl (C=O) groups excluding carboxylic acids is 1. The van der Waals surface area contributed by atoms with E-state index >= 15 is 0 Å². The zero-order valence-corrected chi connectivity index (χ0v) is 17.4. The highest BCUT2D eigenvalue weighted by molar-refractivity contribution is 7.99. The molecule has 0 saturated heterocycles. The van der Waals surface area contributed by atoms with Crippen LogP contribution in [0.1, 0.15) is 16.8 Å². The lowest BCUT2D eigenvalue weighted by Gasteiger charge is -2.04. The van der Waals surface area contributed by atoms with Crippen LogP contribution in [-0.2, 0) is 10.5 Å². The van der Waals surface area contributed by atoms with Gasteiger partial charge in [0.15, 0.2) is 5.15 Å². The number of hydrazone groups is 1. The molecule has 0 aliphatic rings. The highest BCUT2D eigenvalue weighted by Gasteiger charge is 2.12. The maximum atomic E-state index is 12.0. The molecule has 1 amide bonds. The number of nitrogens with one attached hydrogen (secondary N) is 1. The molecule has 1 N–H and O–H groups in total. The number of para-hydroxylation sites is 1. The van der Waals surface area contributed by atoms with Crippen LogP contribution in [0.4, 0.5) is 0 Å². The second-order valence-corrected chi connectivity index (χ2v) is 7.67. The number of amides is 1. The summed E-state index contributed by atoms with van der Waals surface area (Å²) in [6.07, 6.45) is 1.51. The van der Waals surface area contributed by atoms with Gasteiger partial charge in [-0.1, -0.05) is 59.6 Å². The zero-order chi connectivity index (χ0) is 19.9. The van der Waals surface area contributed by atoms with Gasteiger partial charge < -0.3 is 0 Å². The van der Waals surface area contributed by atoms with Crippen molar-refractivity contribution in [1.29, 1.82) is 0 Å². The Kier molecular flexibility index (Phi) is 7.14. The number of rotatable bonds is 7. The summed E-state index contributed by atoms with van der Waals surface area (Å²) >= 11 is 13.8. The van der Waals surface area contributed by atoms with Gasteiger partial charge in [-0.3, -0.25) is 4.79 Å². The number of hydrogen-bond donors (Lipinski definition) is 1. The Balaban J connectivity index is 1.55. The van der Waals surface area contributed by atoms with E-state index in [1.807, 2.05) is 61.5 Å². The molecule has 0 saturated carbocycles. The molecule has 0 fully saturated rings. The number of carbonyl (C=O) groups is 1. The lowest BCUT2D eigenvalue weighted by Crippen LogP contribution is -2.19. The standard InChI is InChI=1S/C20H18Cl2N4OS/c1-14-17(20(22)25-26(14)16-8-3-2-4-9-16)11-23-24-19(27)13-28-12-15-7-5-6-10-18(15)21/h2-11H,12-13H2,1H3,(H,24,27)/b23-11-. The molecule has 8 heteroatoms. The second kappa shape index (κ2) is 9.78. The van der Waals surface area contributed by atoms with E-state index in [0.717, 1.165) is 16.9 Å². The molecule has 5 nitrogen and oxygen atoms in total.